The summed E-state index contributed by atoms with van der Waals surface area (Å²) in [6.45, 7) is 0. The third-order valence-electron chi connectivity index (χ3n) is 2.94. The van der Waals surface area contributed by atoms with E-state index in [4.69, 9.17) is 11.5 Å². The highest BCUT2D eigenvalue weighted by Crippen LogP contribution is 2.24. The first-order valence-electron chi connectivity index (χ1n) is 5.97. The molecule has 1 amide bonds. The molecular weight excluding hydrogens is 295 g/mol. The summed E-state index contributed by atoms with van der Waals surface area (Å²) in [5.74, 6) is -1.92. The van der Waals surface area contributed by atoms with Crippen LogP contribution in [0.2, 0.25) is 0 Å². The second kappa shape index (κ2) is 5.53. The molecule has 4 N–H and O–H groups in total. The maximum atomic E-state index is 13.2. The monoisotopic (exact) mass is 308 g/mol. The average molecular weight is 308 g/mol. The highest BCUT2D eigenvalue weighted by atomic mass is 32.2. The Labute approximate surface area is 121 Å². The van der Waals surface area contributed by atoms with Crippen LogP contribution in [-0.2, 0) is 15.6 Å². The van der Waals surface area contributed by atoms with E-state index in [0.717, 1.165) is 12.1 Å². The van der Waals surface area contributed by atoms with Gasteiger partial charge in [0.25, 0.3) is 0 Å². The van der Waals surface area contributed by atoms with E-state index in [0.29, 0.717) is 0 Å². The Morgan fingerprint density at radius 1 is 1.14 bits per heavy atom. The number of nitrogen functional groups attached to an aromatic ring is 1. The van der Waals surface area contributed by atoms with Crippen molar-refractivity contribution in [1.29, 1.82) is 0 Å². The van der Waals surface area contributed by atoms with E-state index in [1.807, 2.05) is 0 Å². The van der Waals surface area contributed by atoms with E-state index in [2.05, 4.69) is 0 Å². The number of halogens is 1. The maximum Gasteiger partial charge on any atom is 0.249 e. The van der Waals surface area contributed by atoms with E-state index >= 15 is 0 Å². The Morgan fingerprint density at radius 2 is 1.81 bits per heavy atom. The molecule has 2 rings (SSSR count). The van der Waals surface area contributed by atoms with Gasteiger partial charge in [-0.05, 0) is 29.8 Å². The lowest BCUT2D eigenvalue weighted by atomic mass is 10.1. The van der Waals surface area contributed by atoms with Gasteiger partial charge in [0.1, 0.15) is 5.82 Å². The van der Waals surface area contributed by atoms with Crippen LogP contribution >= 0.6 is 0 Å². The zero-order valence-corrected chi connectivity index (χ0v) is 11.7. The summed E-state index contributed by atoms with van der Waals surface area (Å²) in [4.78, 5) is 11.0. The summed E-state index contributed by atoms with van der Waals surface area (Å²) >= 11 is 0. The molecule has 0 spiro atoms. The van der Waals surface area contributed by atoms with Crippen LogP contribution in [0.1, 0.15) is 15.9 Å². The summed E-state index contributed by atoms with van der Waals surface area (Å²) in [5.41, 5.74) is 11.1. The summed E-state index contributed by atoms with van der Waals surface area (Å²) < 4.78 is 37.9. The minimum atomic E-state index is -3.90. The zero-order valence-electron chi connectivity index (χ0n) is 10.9. The van der Waals surface area contributed by atoms with Crippen LogP contribution in [0.5, 0.6) is 0 Å². The molecule has 0 saturated heterocycles. The van der Waals surface area contributed by atoms with Crippen LogP contribution < -0.4 is 11.5 Å². The van der Waals surface area contributed by atoms with Gasteiger partial charge in [0.2, 0.25) is 5.91 Å². The molecule has 21 heavy (non-hydrogen) atoms. The van der Waals surface area contributed by atoms with E-state index < -0.39 is 27.3 Å². The molecule has 0 unspecified atom stereocenters. The standard InChI is InChI=1S/C14H13FN2O3S/c15-10-5-6-12(16)13(7-10)21(19,20)8-9-3-1-2-4-11(9)14(17)18/h1-7H,8,16H2,(H2,17,18). The van der Waals surface area contributed by atoms with Gasteiger partial charge in [-0.2, -0.15) is 0 Å². The Hall–Kier alpha value is -2.41. The number of carbonyl (C=O) groups excluding carboxylic acids is 1. The van der Waals surface area contributed by atoms with Gasteiger partial charge < -0.3 is 11.5 Å². The SMILES string of the molecule is NC(=O)c1ccccc1CS(=O)(=O)c1cc(F)ccc1N. The number of rotatable bonds is 4. The van der Waals surface area contributed by atoms with E-state index in [9.17, 15) is 17.6 Å². The maximum absolute atomic E-state index is 13.2. The van der Waals surface area contributed by atoms with Crippen molar-refractivity contribution < 1.29 is 17.6 Å². The van der Waals surface area contributed by atoms with Crippen molar-refractivity contribution in [3.63, 3.8) is 0 Å². The fourth-order valence-corrected chi connectivity index (χ4v) is 3.48. The quantitative estimate of drug-likeness (QED) is 0.835. The molecule has 0 aliphatic rings. The highest BCUT2D eigenvalue weighted by Gasteiger charge is 2.21. The van der Waals surface area contributed by atoms with Crippen molar-refractivity contribution in [2.75, 3.05) is 5.73 Å². The average Bonchev–Trinajstić information content (AvgIpc) is 2.41. The minimum Gasteiger partial charge on any atom is -0.398 e. The molecule has 0 aliphatic heterocycles. The molecule has 0 aliphatic carbocycles. The number of benzene rings is 2. The first-order chi connectivity index (χ1) is 9.81. The van der Waals surface area contributed by atoms with Gasteiger partial charge >= 0.3 is 0 Å². The van der Waals surface area contributed by atoms with Crippen LogP contribution in [0.15, 0.2) is 47.4 Å². The normalized spacial score (nSPS) is 11.3. The number of primary amides is 1. The molecule has 5 nitrogen and oxygen atoms in total. The second-order valence-corrected chi connectivity index (χ2v) is 6.42. The van der Waals surface area contributed by atoms with Gasteiger partial charge in [0.15, 0.2) is 9.84 Å². The minimum absolute atomic E-state index is 0.0482. The number of anilines is 1. The summed E-state index contributed by atoms with van der Waals surface area (Å²) in [5, 5.41) is 0. The largest absolute Gasteiger partial charge is 0.398 e. The predicted octanol–water partition coefficient (Wildman–Crippen LogP) is 1.48. The van der Waals surface area contributed by atoms with Gasteiger partial charge in [0.05, 0.1) is 16.3 Å². The van der Waals surface area contributed by atoms with Crippen LogP contribution in [0.4, 0.5) is 10.1 Å². The number of nitrogens with two attached hydrogens (primary N) is 2. The lowest BCUT2D eigenvalue weighted by molar-refractivity contribution is 0.0999. The fourth-order valence-electron chi connectivity index (χ4n) is 1.95. The van der Waals surface area contributed by atoms with Crippen molar-refractivity contribution in [2.24, 2.45) is 5.73 Å². The number of carbonyl (C=O) groups is 1. The first-order valence-corrected chi connectivity index (χ1v) is 7.62. The van der Waals surface area contributed by atoms with E-state index in [1.54, 1.807) is 12.1 Å². The third kappa shape index (κ3) is 3.19. The molecule has 0 heterocycles. The molecule has 0 saturated carbocycles. The summed E-state index contributed by atoms with van der Waals surface area (Å²) in [6.07, 6.45) is 0. The van der Waals surface area contributed by atoms with Gasteiger partial charge in [-0.15, -0.1) is 0 Å². The lowest BCUT2D eigenvalue weighted by Gasteiger charge is -2.10. The Bertz CT molecular complexity index is 804. The van der Waals surface area contributed by atoms with Crippen molar-refractivity contribution in [3.8, 4) is 0 Å². The molecule has 110 valence electrons. The molecular formula is C14H13FN2O3S. The topological polar surface area (TPSA) is 103 Å². The van der Waals surface area contributed by atoms with Gasteiger partial charge in [-0.25, -0.2) is 12.8 Å². The Balaban J connectivity index is 2.48. The summed E-state index contributed by atoms with van der Waals surface area (Å²) in [6, 6.07) is 9.19. The van der Waals surface area contributed by atoms with Crippen LogP contribution in [-0.4, -0.2) is 14.3 Å². The molecule has 0 aromatic heterocycles. The van der Waals surface area contributed by atoms with Crippen LogP contribution in [0.3, 0.4) is 0 Å². The number of hydrogen-bond donors (Lipinski definition) is 2. The lowest BCUT2D eigenvalue weighted by Crippen LogP contribution is -2.16. The van der Waals surface area contributed by atoms with Gasteiger partial charge in [-0.3, -0.25) is 4.79 Å². The van der Waals surface area contributed by atoms with Crippen molar-refractivity contribution >= 4 is 21.4 Å². The molecule has 0 atom stereocenters. The van der Waals surface area contributed by atoms with Gasteiger partial charge in [-0.1, -0.05) is 18.2 Å². The van der Waals surface area contributed by atoms with E-state index in [-0.39, 0.29) is 21.7 Å². The van der Waals surface area contributed by atoms with Crippen LogP contribution in [0.25, 0.3) is 0 Å². The van der Waals surface area contributed by atoms with Crippen molar-refractivity contribution in [3.05, 3.63) is 59.4 Å². The van der Waals surface area contributed by atoms with Gasteiger partial charge in [0, 0.05) is 5.56 Å². The number of hydrogen-bond acceptors (Lipinski definition) is 4. The summed E-state index contributed by atoms with van der Waals surface area (Å²) in [7, 11) is -3.90. The second-order valence-electron chi connectivity index (χ2n) is 4.46. The van der Waals surface area contributed by atoms with Crippen LogP contribution in [0, 0.1) is 5.82 Å². The zero-order chi connectivity index (χ0) is 15.6. The Kier molecular flexibility index (Phi) is 3.95. The fraction of sp³-hybridized carbons (Fsp3) is 0.0714. The predicted molar refractivity (Wildman–Crippen MR) is 76.7 cm³/mol. The molecule has 7 heteroatoms. The third-order valence-corrected chi connectivity index (χ3v) is 4.65. The smallest absolute Gasteiger partial charge is 0.249 e. The number of sulfone groups is 1. The molecule has 0 bridgehead atoms. The molecule has 0 radical (unpaired) electrons. The molecule has 2 aromatic rings. The first kappa shape index (κ1) is 15.0. The van der Waals surface area contributed by atoms with E-state index in [1.165, 1.54) is 18.2 Å². The Morgan fingerprint density at radius 3 is 2.48 bits per heavy atom. The molecule has 2 aromatic carbocycles. The highest BCUT2D eigenvalue weighted by molar-refractivity contribution is 7.90. The van der Waals surface area contributed by atoms with Crippen molar-refractivity contribution in [1.82, 2.24) is 0 Å². The van der Waals surface area contributed by atoms with Crippen molar-refractivity contribution in [2.45, 2.75) is 10.6 Å². The molecule has 0 fully saturated rings. The number of amides is 1.